The van der Waals surface area contributed by atoms with Crippen LogP contribution in [0.4, 0.5) is 4.39 Å². The van der Waals surface area contributed by atoms with Gasteiger partial charge in [0.2, 0.25) is 10.0 Å². The maximum atomic E-state index is 12.9. The molecule has 0 spiro atoms. The van der Waals surface area contributed by atoms with Gasteiger partial charge in [0.1, 0.15) is 16.4 Å². The van der Waals surface area contributed by atoms with Crippen molar-refractivity contribution in [3.8, 4) is 0 Å². The molecule has 0 amide bonds. The standard InChI is InChI=1S/C18H19FN2O5S/c1-20-11-15(27(24,25)21-8-2-3-9-21)10-16(20)18(23)26-12-17(22)13-4-6-14(19)7-5-13/h4-7,10-11H,2-3,8-9,12H2,1H3. The quantitative estimate of drug-likeness (QED) is 0.553. The van der Waals surface area contributed by atoms with E-state index in [-0.39, 0.29) is 16.2 Å². The monoisotopic (exact) mass is 394 g/mol. The van der Waals surface area contributed by atoms with Gasteiger partial charge >= 0.3 is 5.97 Å². The molecule has 1 aliphatic rings. The van der Waals surface area contributed by atoms with Gasteiger partial charge in [0.15, 0.2) is 12.4 Å². The van der Waals surface area contributed by atoms with Gasteiger partial charge < -0.3 is 9.30 Å². The van der Waals surface area contributed by atoms with Crippen LogP contribution in [-0.4, -0.2) is 48.7 Å². The number of esters is 1. The Bertz CT molecular complexity index is 960. The third-order valence-electron chi connectivity index (χ3n) is 4.39. The normalized spacial score (nSPS) is 15.0. The summed E-state index contributed by atoms with van der Waals surface area (Å²) in [4.78, 5) is 24.3. The number of sulfonamides is 1. The second-order valence-electron chi connectivity index (χ2n) is 6.29. The Morgan fingerprint density at radius 3 is 2.41 bits per heavy atom. The van der Waals surface area contributed by atoms with Crippen molar-refractivity contribution in [1.29, 1.82) is 0 Å². The van der Waals surface area contributed by atoms with Gasteiger partial charge in [-0.15, -0.1) is 0 Å². The van der Waals surface area contributed by atoms with Gasteiger partial charge in [0, 0.05) is 31.9 Å². The lowest BCUT2D eigenvalue weighted by Crippen LogP contribution is -2.27. The van der Waals surface area contributed by atoms with Crippen LogP contribution in [0.5, 0.6) is 0 Å². The van der Waals surface area contributed by atoms with Crippen LogP contribution in [0.25, 0.3) is 0 Å². The van der Waals surface area contributed by atoms with E-state index in [2.05, 4.69) is 0 Å². The fourth-order valence-corrected chi connectivity index (χ4v) is 4.47. The number of carbonyl (C=O) groups excluding carboxylic acids is 2. The molecule has 0 aliphatic carbocycles. The summed E-state index contributed by atoms with van der Waals surface area (Å²) in [7, 11) is -2.12. The number of hydrogen-bond acceptors (Lipinski definition) is 5. The maximum Gasteiger partial charge on any atom is 0.355 e. The molecule has 2 heterocycles. The summed E-state index contributed by atoms with van der Waals surface area (Å²) < 4.78 is 45.8. The summed E-state index contributed by atoms with van der Waals surface area (Å²) in [6.45, 7) is 0.399. The first kappa shape index (κ1) is 19.2. The van der Waals surface area contributed by atoms with Crippen molar-refractivity contribution in [2.75, 3.05) is 19.7 Å². The molecule has 0 N–H and O–H groups in total. The number of Topliss-reactive ketones (excluding diaryl/α,β-unsaturated/α-hetero) is 1. The van der Waals surface area contributed by atoms with Crippen LogP contribution in [0.15, 0.2) is 41.4 Å². The average molecular weight is 394 g/mol. The number of ketones is 1. The highest BCUT2D eigenvalue weighted by molar-refractivity contribution is 7.89. The molecule has 1 saturated heterocycles. The van der Waals surface area contributed by atoms with Gasteiger partial charge in [-0.2, -0.15) is 4.31 Å². The molecule has 2 aromatic rings. The number of ether oxygens (including phenoxy) is 1. The zero-order valence-corrected chi connectivity index (χ0v) is 15.5. The Labute approximate surface area is 156 Å². The zero-order chi connectivity index (χ0) is 19.6. The number of hydrogen-bond donors (Lipinski definition) is 0. The molecule has 1 fully saturated rings. The summed E-state index contributed by atoms with van der Waals surface area (Å²) in [5, 5.41) is 0. The van der Waals surface area contributed by atoms with Crippen LogP contribution in [0.2, 0.25) is 0 Å². The van der Waals surface area contributed by atoms with Crippen LogP contribution in [0, 0.1) is 5.82 Å². The van der Waals surface area contributed by atoms with Crippen molar-refractivity contribution in [3.05, 3.63) is 53.6 Å². The molecular formula is C18H19FN2O5S. The van der Waals surface area contributed by atoms with Crippen molar-refractivity contribution >= 4 is 21.8 Å². The molecule has 144 valence electrons. The van der Waals surface area contributed by atoms with Crippen molar-refractivity contribution in [3.63, 3.8) is 0 Å². The Morgan fingerprint density at radius 2 is 1.78 bits per heavy atom. The Balaban J connectivity index is 1.69. The van der Waals surface area contributed by atoms with Crippen LogP contribution in [-0.2, 0) is 21.8 Å². The van der Waals surface area contributed by atoms with E-state index >= 15 is 0 Å². The maximum absolute atomic E-state index is 12.9. The number of aryl methyl sites for hydroxylation is 1. The highest BCUT2D eigenvalue weighted by Gasteiger charge is 2.29. The van der Waals surface area contributed by atoms with Crippen LogP contribution in [0.1, 0.15) is 33.7 Å². The minimum atomic E-state index is -3.65. The van der Waals surface area contributed by atoms with Crippen molar-refractivity contribution in [1.82, 2.24) is 8.87 Å². The highest BCUT2D eigenvalue weighted by atomic mass is 32.2. The molecule has 0 bridgehead atoms. The predicted octanol–water partition coefficient (Wildman–Crippen LogP) is 1.99. The van der Waals surface area contributed by atoms with E-state index in [4.69, 9.17) is 4.74 Å². The minimum Gasteiger partial charge on any atom is -0.453 e. The number of benzene rings is 1. The third kappa shape index (κ3) is 4.09. The lowest BCUT2D eigenvalue weighted by Gasteiger charge is -2.13. The molecule has 1 aromatic heterocycles. The van der Waals surface area contributed by atoms with Crippen LogP contribution < -0.4 is 0 Å². The van der Waals surface area contributed by atoms with Gasteiger partial charge in [-0.1, -0.05) is 0 Å². The molecule has 7 nitrogen and oxygen atoms in total. The van der Waals surface area contributed by atoms with Crippen molar-refractivity contribution in [2.45, 2.75) is 17.7 Å². The van der Waals surface area contributed by atoms with Crippen molar-refractivity contribution in [2.24, 2.45) is 7.05 Å². The van der Waals surface area contributed by atoms with Gasteiger partial charge in [-0.05, 0) is 43.2 Å². The van der Waals surface area contributed by atoms with E-state index in [1.54, 1.807) is 0 Å². The van der Waals surface area contributed by atoms with E-state index in [0.717, 1.165) is 25.0 Å². The SMILES string of the molecule is Cn1cc(S(=O)(=O)N2CCCC2)cc1C(=O)OCC(=O)c1ccc(F)cc1. The molecule has 9 heteroatoms. The van der Waals surface area contributed by atoms with Crippen molar-refractivity contribution < 1.29 is 27.1 Å². The molecule has 0 atom stereocenters. The molecule has 0 saturated carbocycles. The van der Waals surface area contributed by atoms with Gasteiger partial charge in [-0.25, -0.2) is 17.6 Å². The first-order valence-electron chi connectivity index (χ1n) is 8.41. The lowest BCUT2D eigenvalue weighted by atomic mass is 10.1. The average Bonchev–Trinajstić information content (AvgIpc) is 3.30. The topological polar surface area (TPSA) is 85.7 Å². The van der Waals surface area contributed by atoms with E-state index in [1.165, 1.54) is 40.3 Å². The number of halogens is 1. The molecule has 0 radical (unpaired) electrons. The summed E-state index contributed by atoms with van der Waals surface area (Å²) >= 11 is 0. The largest absolute Gasteiger partial charge is 0.453 e. The molecule has 0 unspecified atom stereocenters. The van der Waals surface area contributed by atoms with Crippen LogP contribution in [0.3, 0.4) is 0 Å². The van der Waals surface area contributed by atoms with Gasteiger partial charge in [0.25, 0.3) is 0 Å². The molecule has 1 aliphatic heterocycles. The summed E-state index contributed by atoms with van der Waals surface area (Å²) in [5.74, 6) is -1.77. The number of rotatable bonds is 6. The first-order chi connectivity index (χ1) is 12.8. The number of carbonyl (C=O) groups is 2. The molecule has 1 aromatic carbocycles. The summed E-state index contributed by atoms with van der Waals surface area (Å²) in [6, 6.07) is 6.13. The molecule has 27 heavy (non-hydrogen) atoms. The lowest BCUT2D eigenvalue weighted by molar-refractivity contribution is 0.0465. The molecule has 3 rings (SSSR count). The molecular weight excluding hydrogens is 375 g/mol. The Hall–Kier alpha value is -2.52. The summed E-state index contributed by atoms with van der Waals surface area (Å²) in [6.07, 6.45) is 2.98. The van der Waals surface area contributed by atoms with E-state index < -0.39 is 34.2 Å². The smallest absolute Gasteiger partial charge is 0.355 e. The third-order valence-corrected chi connectivity index (χ3v) is 6.26. The first-order valence-corrected chi connectivity index (χ1v) is 9.85. The highest BCUT2D eigenvalue weighted by Crippen LogP contribution is 2.22. The Morgan fingerprint density at radius 1 is 1.15 bits per heavy atom. The zero-order valence-electron chi connectivity index (χ0n) is 14.7. The summed E-state index contributed by atoms with van der Waals surface area (Å²) in [5.41, 5.74) is 0.244. The minimum absolute atomic E-state index is 0.0173. The number of nitrogens with zero attached hydrogens (tertiary/aromatic N) is 2. The fourth-order valence-electron chi connectivity index (χ4n) is 2.88. The van der Waals surface area contributed by atoms with Gasteiger partial charge in [-0.3, -0.25) is 4.79 Å². The van der Waals surface area contributed by atoms with Crippen LogP contribution >= 0.6 is 0 Å². The van der Waals surface area contributed by atoms with Gasteiger partial charge in [0.05, 0.1) is 0 Å². The second-order valence-corrected chi connectivity index (χ2v) is 8.23. The van der Waals surface area contributed by atoms with E-state index in [1.807, 2.05) is 0 Å². The van der Waals surface area contributed by atoms with E-state index in [0.29, 0.717) is 13.1 Å². The number of aromatic nitrogens is 1. The predicted molar refractivity (Wildman–Crippen MR) is 94.4 cm³/mol. The van der Waals surface area contributed by atoms with E-state index in [9.17, 15) is 22.4 Å². The second kappa shape index (κ2) is 7.61. The fraction of sp³-hybridized carbons (Fsp3) is 0.333. The Kier molecular flexibility index (Phi) is 5.43.